The number of carbonyl (C=O) groups excluding carboxylic acids is 1. The van der Waals surface area contributed by atoms with E-state index in [-0.39, 0.29) is 5.57 Å². The second kappa shape index (κ2) is 4.99. The van der Waals surface area contributed by atoms with Crippen LogP contribution in [0.3, 0.4) is 0 Å². The molecule has 0 spiro atoms. The Morgan fingerprint density at radius 2 is 1.52 bits per heavy atom. The number of nitrogens with zero attached hydrogens (tertiary/aromatic N) is 2. The third kappa shape index (κ3) is 1.85. The Morgan fingerprint density at radius 3 is 2.36 bits per heavy atom. The lowest BCUT2D eigenvalue weighted by Crippen LogP contribution is -2.25. The van der Waals surface area contributed by atoms with Gasteiger partial charge in [0.15, 0.2) is 0 Å². The molecule has 3 heteroatoms. The summed E-state index contributed by atoms with van der Waals surface area (Å²) >= 11 is 0. The molecule has 0 fully saturated rings. The topological polar surface area (TPSA) is 53.2 Å². The lowest BCUT2D eigenvalue weighted by molar-refractivity contribution is -0.112. The monoisotopic (exact) mass is 320 g/mol. The number of carbonyl (C=O) groups is 1. The molecule has 1 aliphatic heterocycles. The van der Waals surface area contributed by atoms with Crippen molar-refractivity contribution in [2.24, 2.45) is 4.99 Å². The molecule has 1 heterocycles. The Bertz CT molecular complexity index is 1250. The Balaban J connectivity index is 1.85. The quantitative estimate of drug-likeness (QED) is 0.541. The summed E-state index contributed by atoms with van der Waals surface area (Å²) in [5.41, 5.74) is 7.16. The van der Waals surface area contributed by atoms with Gasteiger partial charge in [0.05, 0.1) is 5.36 Å². The van der Waals surface area contributed by atoms with E-state index in [0.717, 1.165) is 17.5 Å². The first-order valence-corrected chi connectivity index (χ1v) is 8.15. The van der Waals surface area contributed by atoms with Crippen LogP contribution in [0.15, 0.2) is 65.7 Å². The molecule has 0 N–H and O–H groups in total. The first-order valence-electron chi connectivity index (χ1n) is 8.15. The van der Waals surface area contributed by atoms with Crippen molar-refractivity contribution in [1.29, 1.82) is 5.26 Å². The minimum absolute atomic E-state index is 0.138. The van der Waals surface area contributed by atoms with Crippen molar-refractivity contribution < 1.29 is 4.79 Å². The van der Waals surface area contributed by atoms with E-state index in [1.165, 1.54) is 22.3 Å². The summed E-state index contributed by atoms with van der Waals surface area (Å²) in [6.07, 6.45) is 0.859. The average Bonchev–Trinajstić information content (AvgIpc) is 3.17. The summed E-state index contributed by atoms with van der Waals surface area (Å²) in [4.78, 5) is 16.1. The lowest BCUT2D eigenvalue weighted by atomic mass is 9.93. The molecule has 0 unspecified atom stereocenters. The van der Waals surface area contributed by atoms with Crippen LogP contribution in [0.25, 0.3) is 27.8 Å². The van der Waals surface area contributed by atoms with Gasteiger partial charge in [-0.1, -0.05) is 54.6 Å². The summed E-state index contributed by atoms with van der Waals surface area (Å²) in [6, 6.07) is 22.4. The lowest BCUT2D eigenvalue weighted by Gasteiger charge is -2.09. The van der Waals surface area contributed by atoms with E-state index in [9.17, 15) is 10.1 Å². The Labute approximate surface area is 144 Å². The zero-order valence-corrected chi connectivity index (χ0v) is 13.3. The van der Waals surface area contributed by atoms with Gasteiger partial charge in [0.2, 0.25) is 0 Å². The van der Waals surface area contributed by atoms with Crippen molar-refractivity contribution in [3.05, 3.63) is 82.4 Å². The molecule has 0 aromatic heterocycles. The van der Waals surface area contributed by atoms with E-state index in [1.807, 2.05) is 24.3 Å². The van der Waals surface area contributed by atoms with E-state index in [1.54, 1.807) is 6.07 Å². The molecule has 0 bridgehead atoms. The maximum Gasteiger partial charge on any atom is 0.288 e. The van der Waals surface area contributed by atoms with Crippen LogP contribution < -0.4 is 10.6 Å². The maximum absolute atomic E-state index is 12.0. The summed E-state index contributed by atoms with van der Waals surface area (Å²) in [5, 5.41) is 10.7. The Kier molecular flexibility index (Phi) is 2.77. The van der Waals surface area contributed by atoms with E-state index in [0.29, 0.717) is 10.6 Å². The fourth-order valence-electron chi connectivity index (χ4n) is 3.91. The van der Waals surface area contributed by atoms with E-state index in [2.05, 4.69) is 41.4 Å². The minimum atomic E-state index is -0.444. The van der Waals surface area contributed by atoms with Crippen molar-refractivity contribution in [3.8, 4) is 28.3 Å². The highest BCUT2D eigenvalue weighted by Gasteiger charge is 2.24. The number of hydrogen-bond donors (Lipinski definition) is 0. The van der Waals surface area contributed by atoms with Crippen LogP contribution in [0.4, 0.5) is 0 Å². The molecule has 3 nitrogen and oxygen atoms in total. The molecule has 25 heavy (non-hydrogen) atoms. The Hall–Kier alpha value is -3.51. The largest absolute Gasteiger partial charge is 0.288 e. The summed E-state index contributed by atoms with van der Waals surface area (Å²) in [7, 11) is 0. The van der Waals surface area contributed by atoms with Crippen LogP contribution in [0.2, 0.25) is 0 Å². The Morgan fingerprint density at radius 1 is 0.840 bits per heavy atom. The predicted octanol–water partition coefficient (Wildman–Crippen LogP) is 2.76. The number of hydrogen-bond acceptors (Lipinski definition) is 2. The summed E-state index contributed by atoms with van der Waals surface area (Å²) in [5.74, 6) is -0.444. The van der Waals surface area contributed by atoms with Gasteiger partial charge < -0.3 is 0 Å². The van der Waals surface area contributed by atoms with Gasteiger partial charge in [-0.25, -0.2) is 4.99 Å². The van der Waals surface area contributed by atoms with Gasteiger partial charge in [-0.05, 0) is 45.9 Å². The molecule has 0 radical (unpaired) electrons. The molecule has 1 amide bonds. The number of nitriles is 1. The van der Waals surface area contributed by atoms with Crippen molar-refractivity contribution in [2.75, 3.05) is 0 Å². The maximum atomic E-state index is 12.0. The molecule has 1 aliphatic carbocycles. The molecule has 3 aromatic carbocycles. The fourth-order valence-corrected chi connectivity index (χ4v) is 3.91. The number of benzene rings is 3. The normalized spacial score (nSPS) is 13.7. The molecular formula is C22H12N2O. The zero-order valence-electron chi connectivity index (χ0n) is 13.3. The van der Waals surface area contributed by atoms with Crippen LogP contribution in [0.1, 0.15) is 11.1 Å². The van der Waals surface area contributed by atoms with Crippen molar-refractivity contribution >= 4 is 11.5 Å². The zero-order chi connectivity index (χ0) is 17.0. The highest BCUT2D eigenvalue weighted by Crippen LogP contribution is 2.40. The molecule has 5 rings (SSSR count). The molecule has 0 saturated carbocycles. The van der Waals surface area contributed by atoms with Gasteiger partial charge in [-0.3, -0.25) is 4.79 Å². The van der Waals surface area contributed by atoms with E-state index in [4.69, 9.17) is 0 Å². The van der Waals surface area contributed by atoms with Crippen LogP contribution in [0, 0.1) is 11.3 Å². The van der Waals surface area contributed by atoms with Gasteiger partial charge in [0, 0.05) is 5.22 Å². The van der Waals surface area contributed by atoms with Crippen LogP contribution in [-0.4, -0.2) is 5.91 Å². The van der Waals surface area contributed by atoms with E-state index < -0.39 is 5.91 Å². The molecule has 0 atom stereocenters. The van der Waals surface area contributed by atoms with Crippen LogP contribution >= 0.6 is 0 Å². The SMILES string of the molecule is N#CC1=c2c(-c3cccc4c3Cc3ccccc3-4)cccc2=NC1=O. The highest BCUT2D eigenvalue weighted by molar-refractivity contribution is 6.21. The fraction of sp³-hybridized carbons (Fsp3) is 0.0455. The van der Waals surface area contributed by atoms with Gasteiger partial charge >= 0.3 is 0 Å². The van der Waals surface area contributed by atoms with E-state index >= 15 is 0 Å². The third-order valence-corrected chi connectivity index (χ3v) is 4.98. The van der Waals surface area contributed by atoms with Crippen LogP contribution in [-0.2, 0) is 11.2 Å². The number of amides is 1. The summed E-state index contributed by atoms with van der Waals surface area (Å²) in [6.45, 7) is 0. The third-order valence-electron chi connectivity index (χ3n) is 4.98. The predicted molar refractivity (Wildman–Crippen MR) is 94.9 cm³/mol. The molecular weight excluding hydrogens is 308 g/mol. The van der Waals surface area contributed by atoms with Crippen LogP contribution in [0.5, 0.6) is 0 Å². The first kappa shape index (κ1) is 13.9. The van der Waals surface area contributed by atoms with Crippen molar-refractivity contribution in [2.45, 2.75) is 6.42 Å². The first-order chi connectivity index (χ1) is 12.3. The molecule has 116 valence electrons. The minimum Gasteiger partial charge on any atom is -0.266 e. The summed E-state index contributed by atoms with van der Waals surface area (Å²) < 4.78 is 0. The molecule has 2 aliphatic rings. The number of rotatable bonds is 1. The standard InChI is InChI=1S/C22H12N2O/c23-12-19-21-17(9-4-10-20(21)24-22(19)25)16-8-3-7-15-14-6-2-1-5-13(14)11-18(15)16/h1-10H,11H2. The second-order valence-corrected chi connectivity index (χ2v) is 6.27. The van der Waals surface area contributed by atoms with Gasteiger partial charge in [-0.15, -0.1) is 0 Å². The van der Waals surface area contributed by atoms with Gasteiger partial charge in [-0.2, -0.15) is 5.26 Å². The number of fused-ring (bicyclic) bond motifs is 4. The smallest absolute Gasteiger partial charge is 0.266 e. The highest BCUT2D eigenvalue weighted by atomic mass is 16.1. The van der Waals surface area contributed by atoms with Gasteiger partial charge in [0.25, 0.3) is 5.91 Å². The molecule has 0 saturated heterocycles. The van der Waals surface area contributed by atoms with Crippen molar-refractivity contribution in [3.63, 3.8) is 0 Å². The average molecular weight is 320 g/mol. The van der Waals surface area contributed by atoms with Gasteiger partial charge in [0.1, 0.15) is 11.6 Å². The van der Waals surface area contributed by atoms with Crippen molar-refractivity contribution in [1.82, 2.24) is 0 Å². The molecule has 3 aromatic rings. The second-order valence-electron chi connectivity index (χ2n) is 6.27.